The molecule has 0 radical (unpaired) electrons. The maximum absolute atomic E-state index is 11.7. The number of esters is 1. The molecule has 0 fully saturated rings. The summed E-state index contributed by atoms with van der Waals surface area (Å²) in [6.45, 7) is 1.89. The van der Waals surface area contributed by atoms with Gasteiger partial charge in [0.2, 0.25) is 5.76 Å². The predicted octanol–water partition coefficient (Wildman–Crippen LogP) is 3.34. The first-order chi connectivity index (χ1) is 10.7. The second-order valence-corrected chi connectivity index (χ2v) is 4.56. The van der Waals surface area contributed by atoms with E-state index in [1.807, 2.05) is 13.0 Å². The molecule has 3 rings (SSSR count). The normalized spacial score (nSPS) is 10.2. The number of carbonyl (C=O) groups is 1. The first kappa shape index (κ1) is 13.8. The monoisotopic (exact) mass is 295 g/mol. The number of rotatable bonds is 4. The quantitative estimate of drug-likeness (QED) is 0.587. The van der Waals surface area contributed by atoms with Crippen LogP contribution < -0.4 is 10.1 Å². The van der Waals surface area contributed by atoms with Crippen LogP contribution in [0.3, 0.4) is 0 Å². The number of nitrogens with zero attached hydrogens (tertiary/aromatic N) is 2. The molecule has 0 aliphatic rings. The fourth-order valence-electron chi connectivity index (χ4n) is 1.83. The van der Waals surface area contributed by atoms with E-state index in [-0.39, 0.29) is 5.76 Å². The van der Waals surface area contributed by atoms with Crippen molar-refractivity contribution in [3.8, 4) is 5.75 Å². The molecular formula is C16H13N3O3. The first-order valence-electron chi connectivity index (χ1n) is 6.62. The number of furan rings is 1. The molecule has 2 aromatic heterocycles. The predicted molar refractivity (Wildman–Crippen MR) is 80.2 cm³/mol. The topological polar surface area (TPSA) is 77.2 Å². The molecule has 0 atom stereocenters. The highest BCUT2D eigenvalue weighted by atomic mass is 16.5. The Morgan fingerprint density at radius 3 is 2.68 bits per heavy atom. The summed E-state index contributed by atoms with van der Waals surface area (Å²) < 4.78 is 10.2. The minimum absolute atomic E-state index is 0.165. The third kappa shape index (κ3) is 3.29. The number of benzene rings is 1. The van der Waals surface area contributed by atoms with Gasteiger partial charge in [-0.2, -0.15) is 0 Å². The Bertz CT molecular complexity index is 768. The summed E-state index contributed by atoms with van der Waals surface area (Å²) in [6, 6.07) is 12.0. The number of ether oxygens (including phenoxy) is 1. The van der Waals surface area contributed by atoms with Gasteiger partial charge in [0.15, 0.2) is 0 Å². The first-order valence-corrected chi connectivity index (χ1v) is 6.62. The molecule has 0 aliphatic heterocycles. The lowest BCUT2D eigenvalue weighted by molar-refractivity contribution is 0.0701. The largest absolute Gasteiger partial charge is 0.457 e. The molecule has 22 heavy (non-hydrogen) atoms. The van der Waals surface area contributed by atoms with Crippen LogP contribution in [0.1, 0.15) is 16.2 Å². The molecule has 3 aromatic rings. The van der Waals surface area contributed by atoms with Crippen molar-refractivity contribution in [2.24, 2.45) is 0 Å². The molecule has 6 nitrogen and oxygen atoms in total. The lowest BCUT2D eigenvalue weighted by Crippen LogP contribution is -2.07. The number of hydrogen-bond donors (Lipinski definition) is 1. The molecule has 0 saturated heterocycles. The van der Waals surface area contributed by atoms with Crippen LogP contribution >= 0.6 is 0 Å². The van der Waals surface area contributed by atoms with Crippen LogP contribution in [0.25, 0.3) is 0 Å². The fourth-order valence-corrected chi connectivity index (χ4v) is 1.83. The number of aryl methyl sites for hydroxylation is 1. The van der Waals surface area contributed by atoms with Crippen LogP contribution in [0.4, 0.5) is 11.5 Å². The number of hydrogen-bond acceptors (Lipinski definition) is 6. The Labute approximate surface area is 126 Å². The third-order valence-electron chi connectivity index (χ3n) is 2.86. The summed E-state index contributed by atoms with van der Waals surface area (Å²) in [5.74, 6) is 0.773. The van der Waals surface area contributed by atoms with Crippen LogP contribution in [0, 0.1) is 6.92 Å². The summed E-state index contributed by atoms with van der Waals surface area (Å²) in [6.07, 6.45) is 2.92. The summed E-state index contributed by atoms with van der Waals surface area (Å²) in [5, 5.41) is 3.14. The van der Waals surface area contributed by atoms with Crippen LogP contribution in [0.5, 0.6) is 5.75 Å². The smallest absolute Gasteiger partial charge is 0.379 e. The van der Waals surface area contributed by atoms with Crippen molar-refractivity contribution in [3.05, 3.63) is 66.5 Å². The van der Waals surface area contributed by atoms with Crippen molar-refractivity contribution >= 4 is 17.5 Å². The lowest BCUT2D eigenvalue weighted by atomic mass is 10.3. The van der Waals surface area contributed by atoms with E-state index in [0.29, 0.717) is 11.6 Å². The van der Waals surface area contributed by atoms with Gasteiger partial charge >= 0.3 is 5.97 Å². The molecule has 0 bridgehead atoms. The molecular weight excluding hydrogens is 282 g/mol. The van der Waals surface area contributed by atoms with Crippen molar-refractivity contribution < 1.29 is 13.9 Å². The minimum atomic E-state index is -0.530. The highest BCUT2D eigenvalue weighted by Crippen LogP contribution is 2.20. The van der Waals surface area contributed by atoms with Gasteiger partial charge in [0.05, 0.1) is 6.26 Å². The van der Waals surface area contributed by atoms with E-state index >= 15 is 0 Å². The van der Waals surface area contributed by atoms with Crippen molar-refractivity contribution in [1.82, 2.24) is 9.97 Å². The Kier molecular flexibility index (Phi) is 3.82. The maximum Gasteiger partial charge on any atom is 0.379 e. The van der Waals surface area contributed by atoms with Gasteiger partial charge in [-0.25, -0.2) is 14.8 Å². The van der Waals surface area contributed by atoms with Crippen molar-refractivity contribution in [3.63, 3.8) is 0 Å². The number of carbonyl (C=O) groups excluding carboxylic acids is 1. The summed E-state index contributed by atoms with van der Waals surface area (Å²) in [5.41, 5.74) is 1.71. The van der Waals surface area contributed by atoms with Gasteiger partial charge in [-0.1, -0.05) is 0 Å². The molecule has 2 heterocycles. The third-order valence-corrected chi connectivity index (χ3v) is 2.86. The number of aromatic nitrogens is 2. The minimum Gasteiger partial charge on any atom is -0.457 e. The van der Waals surface area contributed by atoms with Gasteiger partial charge in [0.1, 0.15) is 17.9 Å². The van der Waals surface area contributed by atoms with E-state index in [4.69, 9.17) is 9.15 Å². The van der Waals surface area contributed by atoms with Crippen LogP contribution in [-0.4, -0.2) is 15.9 Å². The zero-order valence-electron chi connectivity index (χ0n) is 11.8. The molecule has 6 heteroatoms. The fraction of sp³-hybridized carbons (Fsp3) is 0.0625. The van der Waals surface area contributed by atoms with Crippen LogP contribution in [0.15, 0.2) is 59.5 Å². The van der Waals surface area contributed by atoms with Crippen molar-refractivity contribution in [1.29, 1.82) is 0 Å². The van der Waals surface area contributed by atoms with Crippen molar-refractivity contribution in [2.45, 2.75) is 6.92 Å². The van der Waals surface area contributed by atoms with E-state index in [1.54, 1.807) is 36.4 Å². The molecule has 0 spiro atoms. The van der Waals surface area contributed by atoms with Crippen LogP contribution in [0.2, 0.25) is 0 Å². The van der Waals surface area contributed by atoms with Gasteiger partial charge in [-0.15, -0.1) is 0 Å². The van der Waals surface area contributed by atoms with Crippen LogP contribution in [-0.2, 0) is 0 Å². The summed E-state index contributed by atoms with van der Waals surface area (Å²) >= 11 is 0. The molecule has 1 aromatic carbocycles. The second kappa shape index (κ2) is 6.09. The Morgan fingerprint density at radius 1 is 1.18 bits per heavy atom. The molecule has 1 N–H and O–H groups in total. The number of anilines is 2. The van der Waals surface area contributed by atoms with E-state index in [0.717, 1.165) is 11.4 Å². The molecule has 110 valence electrons. The Hall–Kier alpha value is -3.15. The van der Waals surface area contributed by atoms with E-state index in [1.165, 1.54) is 12.6 Å². The highest BCUT2D eigenvalue weighted by Gasteiger charge is 2.11. The molecule has 0 aliphatic carbocycles. The maximum atomic E-state index is 11.7. The standard InChI is InChI=1S/C16H13N3O3/c1-11-9-15(18-10-17-11)19-12-4-6-13(7-5-12)22-16(20)14-3-2-8-21-14/h2-10H,1H3,(H,17,18,19). The average molecular weight is 295 g/mol. The van der Waals surface area contributed by atoms with Gasteiger partial charge in [0.25, 0.3) is 0 Å². The van der Waals surface area contributed by atoms with E-state index in [2.05, 4.69) is 15.3 Å². The molecule has 0 saturated carbocycles. The van der Waals surface area contributed by atoms with Crippen molar-refractivity contribution in [2.75, 3.05) is 5.32 Å². The van der Waals surface area contributed by atoms with Gasteiger partial charge in [-0.05, 0) is 43.3 Å². The summed E-state index contributed by atoms with van der Waals surface area (Å²) in [7, 11) is 0. The highest BCUT2D eigenvalue weighted by molar-refractivity contribution is 5.88. The zero-order chi connectivity index (χ0) is 15.4. The SMILES string of the molecule is Cc1cc(Nc2ccc(OC(=O)c3ccco3)cc2)ncn1. The van der Waals surface area contributed by atoms with Gasteiger partial charge in [-0.3, -0.25) is 0 Å². The average Bonchev–Trinajstić information content (AvgIpc) is 3.04. The lowest BCUT2D eigenvalue weighted by Gasteiger charge is -2.07. The van der Waals surface area contributed by atoms with Gasteiger partial charge < -0.3 is 14.5 Å². The zero-order valence-corrected chi connectivity index (χ0v) is 11.8. The number of nitrogens with one attached hydrogen (secondary N) is 1. The Balaban J connectivity index is 1.66. The van der Waals surface area contributed by atoms with Gasteiger partial charge in [0, 0.05) is 17.4 Å². The van der Waals surface area contributed by atoms with E-state index < -0.39 is 5.97 Å². The second-order valence-electron chi connectivity index (χ2n) is 4.56. The molecule has 0 amide bonds. The molecule has 0 unspecified atom stereocenters. The van der Waals surface area contributed by atoms with E-state index in [9.17, 15) is 4.79 Å². The Morgan fingerprint density at radius 2 is 2.00 bits per heavy atom. The summed E-state index contributed by atoms with van der Waals surface area (Å²) in [4.78, 5) is 19.9.